The second-order valence-electron chi connectivity index (χ2n) is 23.2. The summed E-state index contributed by atoms with van der Waals surface area (Å²) < 4.78 is 78.0. The zero-order valence-electron chi connectivity index (χ0n) is 51.2. The highest BCUT2D eigenvalue weighted by Crippen LogP contribution is 2.43. The maximum Gasteiger partial charge on any atom is 0.161 e. The van der Waals surface area contributed by atoms with Gasteiger partial charge in [-0.15, -0.1) is 0 Å². The number of carbonyl (C=O) groups is 2. The molecule has 6 aromatic rings. The molecule has 15 nitrogen and oxygen atoms in total. The Bertz CT molecular complexity index is 3190. The fourth-order valence-electron chi connectivity index (χ4n) is 11.4. The van der Waals surface area contributed by atoms with Crippen LogP contribution in [0, 0.1) is 0 Å². The van der Waals surface area contributed by atoms with Gasteiger partial charge < -0.3 is 61.9 Å². The van der Waals surface area contributed by atoms with Gasteiger partial charge >= 0.3 is 0 Å². The standard InChI is InChI=1S/C73H88O15/c74-49-53-19-22-56-52-77-25-7-1-9-33-85-70-44-57-40-58-45-71-73(88-36-16-3-11-28-80-65-24-21-55(51-76)39-69(65)84-32-15-6-18-35-86-71)47-60(58)43-63-61(41-59(57)46-72(70)87-34-17-4-12-29-81-66(56)37-53)42-62-48-67(63)82-30-13-5-14-31-83-68-38-54(50-75)20-23-64(68)79-27-10-2-8-26-78-62/h19-24,37-39,42,44-49,51,75H,1-18,25-36,40-41,43,50,52H2. The first-order valence-electron chi connectivity index (χ1n) is 32.4. The number of aliphatic hydroxyl groups excluding tert-OH is 1. The van der Waals surface area contributed by atoms with Gasteiger partial charge in [-0.05, 0) is 229 Å². The monoisotopic (exact) mass is 1200 g/mol. The van der Waals surface area contributed by atoms with Crippen LogP contribution in [0.15, 0.2) is 91.0 Å². The van der Waals surface area contributed by atoms with Gasteiger partial charge in [0.15, 0.2) is 46.0 Å². The molecule has 0 saturated heterocycles. The van der Waals surface area contributed by atoms with E-state index in [1.165, 1.54) is 0 Å². The topological polar surface area (TPSA) is 165 Å². The number of hydrogen-bond donors (Lipinski definition) is 1. The molecule has 88 heavy (non-hydrogen) atoms. The van der Waals surface area contributed by atoms with Gasteiger partial charge in [-0.2, -0.15) is 0 Å². The summed E-state index contributed by atoms with van der Waals surface area (Å²) in [6.07, 6.45) is 18.8. The van der Waals surface area contributed by atoms with E-state index in [1.807, 2.05) is 36.4 Å². The SMILES string of the molecule is O=Cc1ccc2c(c1)OCCCCCOc1cc3c(cc1OCCCCCOC2)Cc1cc2c(cc1Cc1c(cc4cc1OCCCCCOc1cc(CO)ccc1OCCCCCO4)C3)OCCCCCOc1ccc(C=O)cc1OCCCCCO2. The third kappa shape index (κ3) is 18.7. The van der Waals surface area contributed by atoms with Gasteiger partial charge in [0, 0.05) is 41.3 Å². The van der Waals surface area contributed by atoms with E-state index >= 15 is 0 Å². The number of fused-ring (bicyclic) bond motifs is 11. The third-order valence-corrected chi connectivity index (χ3v) is 16.4. The summed E-state index contributed by atoms with van der Waals surface area (Å²) in [5.41, 5.74) is 9.58. The molecule has 2 bridgehead atoms. The summed E-state index contributed by atoms with van der Waals surface area (Å²) in [5, 5.41) is 9.88. The summed E-state index contributed by atoms with van der Waals surface area (Å²) in [4.78, 5) is 23.3. The summed E-state index contributed by atoms with van der Waals surface area (Å²) in [6.45, 7) is 6.59. The van der Waals surface area contributed by atoms with Gasteiger partial charge in [0.2, 0.25) is 0 Å². The largest absolute Gasteiger partial charge is 0.493 e. The summed E-state index contributed by atoms with van der Waals surface area (Å²) in [5.74, 6) is 7.74. The van der Waals surface area contributed by atoms with Crippen molar-refractivity contribution in [2.45, 2.75) is 148 Å². The van der Waals surface area contributed by atoms with Crippen molar-refractivity contribution in [2.75, 3.05) is 79.3 Å². The molecular weight excluding hydrogens is 1120 g/mol. The number of aldehydes is 2. The minimum atomic E-state index is -0.0672. The Morgan fingerprint density at radius 3 is 1.14 bits per heavy atom. The molecule has 0 fully saturated rings. The first-order chi connectivity index (χ1) is 43.5. The molecule has 15 heteroatoms. The molecular formula is C73H88O15. The van der Waals surface area contributed by atoms with Gasteiger partial charge in [-0.3, -0.25) is 9.59 Å². The van der Waals surface area contributed by atoms with Gasteiger partial charge in [0.1, 0.15) is 29.8 Å². The van der Waals surface area contributed by atoms with Crippen molar-refractivity contribution in [2.24, 2.45) is 0 Å². The van der Waals surface area contributed by atoms with Crippen LogP contribution in [0.3, 0.4) is 0 Å². The normalized spacial score (nSPS) is 17.6. The zero-order valence-corrected chi connectivity index (χ0v) is 51.2. The van der Waals surface area contributed by atoms with Crippen molar-refractivity contribution in [1.29, 1.82) is 0 Å². The van der Waals surface area contributed by atoms with Gasteiger partial charge in [0.25, 0.3) is 0 Å². The molecule has 6 aromatic carbocycles. The van der Waals surface area contributed by atoms with E-state index in [0.29, 0.717) is 145 Å². The number of aliphatic hydroxyl groups is 1. The molecule has 3 heterocycles. The molecule has 10 rings (SSSR count). The summed E-state index contributed by atoms with van der Waals surface area (Å²) >= 11 is 0. The molecule has 1 N–H and O–H groups in total. The smallest absolute Gasteiger partial charge is 0.161 e. The number of ether oxygens (including phenoxy) is 12. The zero-order chi connectivity index (χ0) is 60.4. The van der Waals surface area contributed by atoms with E-state index in [4.69, 9.17) is 56.8 Å². The second kappa shape index (κ2) is 34.2. The molecule has 0 atom stereocenters. The van der Waals surface area contributed by atoms with Crippen LogP contribution >= 0.6 is 0 Å². The van der Waals surface area contributed by atoms with Crippen molar-refractivity contribution < 1.29 is 71.5 Å². The number of carbonyl (C=O) groups excluding carboxylic acids is 2. The van der Waals surface area contributed by atoms with E-state index < -0.39 is 0 Å². The quantitative estimate of drug-likeness (QED) is 0.166. The Hall–Kier alpha value is -7.62. The van der Waals surface area contributed by atoms with E-state index in [1.54, 1.807) is 18.2 Å². The van der Waals surface area contributed by atoms with Crippen LogP contribution in [0.5, 0.6) is 63.2 Å². The number of rotatable bonds is 3. The number of hydrogen-bond acceptors (Lipinski definition) is 15. The van der Waals surface area contributed by atoms with E-state index in [0.717, 1.165) is 207 Å². The molecule has 470 valence electrons. The van der Waals surface area contributed by atoms with Crippen LogP contribution < -0.4 is 52.1 Å². The average Bonchev–Trinajstić information content (AvgIpc) is 1.96. The highest BCUT2D eigenvalue weighted by Gasteiger charge is 2.25. The maximum absolute atomic E-state index is 11.7. The maximum atomic E-state index is 11.7. The van der Waals surface area contributed by atoms with Gasteiger partial charge in [-0.25, -0.2) is 0 Å². The van der Waals surface area contributed by atoms with Crippen molar-refractivity contribution in [1.82, 2.24) is 0 Å². The van der Waals surface area contributed by atoms with Crippen molar-refractivity contribution in [3.8, 4) is 63.2 Å². The fourth-order valence-corrected chi connectivity index (χ4v) is 11.4. The lowest BCUT2D eigenvalue weighted by Gasteiger charge is -2.20. The van der Waals surface area contributed by atoms with Crippen molar-refractivity contribution in [3.63, 3.8) is 0 Å². The average molecular weight is 1210 g/mol. The lowest BCUT2D eigenvalue weighted by molar-refractivity contribution is 0.111. The van der Waals surface area contributed by atoms with E-state index in [2.05, 4.69) is 36.4 Å². The molecule has 1 aliphatic carbocycles. The Labute approximate surface area is 519 Å². The van der Waals surface area contributed by atoms with Gasteiger partial charge in [0.05, 0.1) is 85.9 Å². The van der Waals surface area contributed by atoms with Crippen LogP contribution in [0.25, 0.3) is 0 Å². The van der Waals surface area contributed by atoms with Crippen LogP contribution in [0.4, 0.5) is 0 Å². The number of benzene rings is 6. The lowest BCUT2D eigenvalue weighted by atomic mass is 9.93. The molecule has 4 aliphatic rings. The second-order valence-corrected chi connectivity index (χ2v) is 23.2. The first kappa shape index (κ1) is 63.4. The molecule has 3 aliphatic heterocycles. The highest BCUT2D eigenvalue weighted by atomic mass is 16.5. The van der Waals surface area contributed by atoms with Crippen molar-refractivity contribution >= 4 is 12.6 Å². The Morgan fingerprint density at radius 2 is 0.659 bits per heavy atom. The minimum Gasteiger partial charge on any atom is -0.493 e. The Balaban J connectivity index is 0.952. The molecule has 0 radical (unpaired) electrons. The summed E-state index contributed by atoms with van der Waals surface area (Å²) in [7, 11) is 0. The fraction of sp³-hybridized carbons (Fsp3) is 0.479. The van der Waals surface area contributed by atoms with Crippen molar-refractivity contribution in [3.05, 3.63) is 147 Å². The first-order valence-corrected chi connectivity index (χ1v) is 32.4. The predicted octanol–water partition coefficient (Wildman–Crippen LogP) is 14.7. The van der Waals surface area contributed by atoms with E-state index in [-0.39, 0.29) is 6.61 Å². The third-order valence-electron chi connectivity index (χ3n) is 16.4. The molecule has 0 amide bonds. The minimum absolute atomic E-state index is 0.0672. The summed E-state index contributed by atoms with van der Waals surface area (Å²) in [6, 6.07) is 29.7. The lowest BCUT2D eigenvalue weighted by Crippen LogP contribution is -2.09. The Kier molecular flexibility index (Phi) is 24.7. The molecule has 0 saturated carbocycles. The van der Waals surface area contributed by atoms with Gasteiger partial charge in [-0.1, -0.05) is 18.2 Å². The van der Waals surface area contributed by atoms with Crippen LogP contribution in [-0.2, 0) is 37.2 Å². The molecule has 0 unspecified atom stereocenters. The van der Waals surface area contributed by atoms with E-state index in [9.17, 15) is 14.7 Å². The highest BCUT2D eigenvalue weighted by molar-refractivity contribution is 5.77. The predicted molar refractivity (Wildman–Crippen MR) is 337 cm³/mol. The van der Waals surface area contributed by atoms with Crippen LogP contribution in [-0.4, -0.2) is 97.0 Å². The molecule has 0 aromatic heterocycles. The van der Waals surface area contributed by atoms with Crippen LogP contribution in [0.1, 0.15) is 181 Å². The Morgan fingerprint density at radius 1 is 0.295 bits per heavy atom. The van der Waals surface area contributed by atoms with Crippen LogP contribution in [0.2, 0.25) is 0 Å². The molecule has 0 spiro atoms.